The smallest absolute Gasteiger partial charge is 0.0713 e. The van der Waals surface area contributed by atoms with E-state index in [1.165, 1.54) is 55.2 Å². The number of para-hydroxylation sites is 2. The zero-order valence-corrected chi connectivity index (χ0v) is 27.7. The van der Waals surface area contributed by atoms with Crippen molar-refractivity contribution in [2.24, 2.45) is 0 Å². The second-order valence-electron chi connectivity index (χ2n) is 12.9. The number of allylic oxidation sites excluding steroid dienone is 4. The Hall–Kier alpha value is -6.44. The molecule has 0 unspecified atom stereocenters. The number of hydrogen-bond donors (Lipinski definition) is 0. The summed E-state index contributed by atoms with van der Waals surface area (Å²) in [5, 5.41) is 2.49. The standard InChI is InChI=1S/C49H35N/c1-2-16-36(37-31-32-44-43-25-11-14-28-47(43)50(48(44)34-37)40-21-7-4-8-22-40)30-29-35-17-15-20-39(33-35)49(38-18-5-3-6-19-38)45-26-12-9-23-41(45)42-24-10-13-27-46(42)49/h2-34H,1H2/b30-29-,36-16+. The van der Waals surface area contributed by atoms with Gasteiger partial charge in [0.05, 0.1) is 16.4 Å². The van der Waals surface area contributed by atoms with Crippen LogP contribution in [-0.2, 0) is 5.41 Å². The molecule has 0 spiro atoms. The minimum absolute atomic E-state index is 0.423. The van der Waals surface area contributed by atoms with E-state index in [0.29, 0.717) is 0 Å². The van der Waals surface area contributed by atoms with E-state index in [1.54, 1.807) is 0 Å². The van der Waals surface area contributed by atoms with Crippen LogP contribution in [0.2, 0.25) is 0 Å². The first kappa shape index (κ1) is 29.7. The minimum atomic E-state index is -0.423. The fourth-order valence-corrected chi connectivity index (χ4v) is 8.15. The van der Waals surface area contributed by atoms with Crippen molar-refractivity contribution in [3.05, 3.63) is 234 Å². The van der Waals surface area contributed by atoms with Crippen molar-refractivity contribution in [1.29, 1.82) is 0 Å². The summed E-state index contributed by atoms with van der Waals surface area (Å²) in [4.78, 5) is 0. The summed E-state index contributed by atoms with van der Waals surface area (Å²) >= 11 is 0. The fraction of sp³-hybridized carbons (Fsp3) is 0.0204. The molecule has 1 heterocycles. The van der Waals surface area contributed by atoms with Crippen LogP contribution in [-0.4, -0.2) is 4.57 Å². The van der Waals surface area contributed by atoms with E-state index in [9.17, 15) is 0 Å². The van der Waals surface area contributed by atoms with Crippen LogP contribution >= 0.6 is 0 Å². The van der Waals surface area contributed by atoms with Gasteiger partial charge in [0.1, 0.15) is 0 Å². The summed E-state index contributed by atoms with van der Waals surface area (Å²) in [6.07, 6.45) is 8.44. The molecule has 236 valence electrons. The fourth-order valence-electron chi connectivity index (χ4n) is 8.15. The lowest BCUT2D eigenvalue weighted by Gasteiger charge is -2.34. The van der Waals surface area contributed by atoms with Gasteiger partial charge in [-0.15, -0.1) is 0 Å². The molecule has 0 saturated carbocycles. The third-order valence-electron chi connectivity index (χ3n) is 10.3. The predicted octanol–water partition coefficient (Wildman–Crippen LogP) is 12.4. The Balaban J connectivity index is 1.17. The number of aromatic nitrogens is 1. The molecule has 1 aromatic heterocycles. The van der Waals surface area contributed by atoms with Gasteiger partial charge in [-0.2, -0.15) is 0 Å². The quantitative estimate of drug-likeness (QED) is 0.153. The highest BCUT2D eigenvalue weighted by molar-refractivity contribution is 6.10. The highest BCUT2D eigenvalue weighted by atomic mass is 15.0. The molecule has 9 rings (SSSR count). The van der Waals surface area contributed by atoms with Crippen LogP contribution in [0.25, 0.3) is 50.3 Å². The van der Waals surface area contributed by atoms with Crippen molar-refractivity contribution < 1.29 is 0 Å². The van der Waals surface area contributed by atoms with Gasteiger partial charge in [-0.1, -0.05) is 183 Å². The Labute approximate surface area is 293 Å². The second kappa shape index (κ2) is 12.2. The zero-order valence-electron chi connectivity index (χ0n) is 27.7. The predicted molar refractivity (Wildman–Crippen MR) is 212 cm³/mol. The molecule has 0 saturated heterocycles. The molecule has 1 heteroatoms. The molecule has 8 aromatic rings. The summed E-state index contributed by atoms with van der Waals surface area (Å²) in [7, 11) is 0. The van der Waals surface area contributed by atoms with E-state index in [2.05, 4.69) is 205 Å². The monoisotopic (exact) mass is 637 g/mol. The number of nitrogens with zero attached hydrogens (tertiary/aromatic N) is 1. The highest BCUT2D eigenvalue weighted by Crippen LogP contribution is 2.56. The lowest BCUT2D eigenvalue weighted by atomic mass is 9.67. The SMILES string of the molecule is C=C/C=C(\C=C/c1cccc(C2(c3ccccc3)c3ccccc3-c3ccccc32)c1)c1ccc2c3ccccc3n(-c3ccccc3)c2c1. The van der Waals surface area contributed by atoms with Gasteiger partial charge in [0.2, 0.25) is 0 Å². The summed E-state index contributed by atoms with van der Waals surface area (Å²) < 4.78 is 2.37. The van der Waals surface area contributed by atoms with Gasteiger partial charge in [-0.25, -0.2) is 0 Å². The largest absolute Gasteiger partial charge is 0.309 e. The molecule has 1 aliphatic rings. The number of rotatable bonds is 7. The molecule has 0 amide bonds. The first-order chi connectivity index (χ1) is 24.8. The zero-order chi connectivity index (χ0) is 33.5. The maximum atomic E-state index is 4.08. The summed E-state index contributed by atoms with van der Waals surface area (Å²) in [6, 6.07) is 63.9. The third kappa shape index (κ3) is 4.63. The molecular formula is C49H35N. The molecule has 1 aliphatic carbocycles. The summed E-state index contributed by atoms with van der Waals surface area (Å²) in [6.45, 7) is 4.08. The average Bonchev–Trinajstić information content (AvgIpc) is 3.68. The van der Waals surface area contributed by atoms with Gasteiger partial charge in [0, 0.05) is 16.5 Å². The van der Waals surface area contributed by atoms with Gasteiger partial charge < -0.3 is 4.57 Å². The number of fused-ring (bicyclic) bond motifs is 6. The van der Waals surface area contributed by atoms with Crippen LogP contribution in [0.5, 0.6) is 0 Å². The van der Waals surface area contributed by atoms with Gasteiger partial charge in [-0.3, -0.25) is 0 Å². The van der Waals surface area contributed by atoms with E-state index in [-0.39, 0.29) is 0 Å². The van der Waals surface area contributed by atoms with E-state index >= 15 is 0 Å². The van der Waals surface area contributed by atoms with E-state index in [1.807, 2.05) is 6.08 Å². The Morgan fingerprint density at radius 3 is 1.88 bits per heavy atom. The van der Waals surface area contributed by atoms with Crippen molar-refractivity contribution in [2.45, 2.75) is 5.41 Å². The Morgan fingerprint density at radius 1 is 0.520 bits per heavy atom. The molecule has 0 atom stereocenters. The van der Waals surface area contributed by atoms with E-state index < -0.39 is 5.41 Å². The van der Waals surface area contributed by atoms with Gasteiger partial charge in [0.15, 0.2) is 0 Å². The van der Waals surface area contributed by atoms with Gasteiger partial charge in [0.25, 0.3) is 0 Å². The van der Waals surface area contributed by atoms with Gasteiger partial charge >= 0.3 is 0 Å². The van der Waals surface area contributed by atoms with Crippen molar-refractivity contribution in [3.63, 3.8) is 0 Å². The Morgan fingerprint density at radius 2 is 1.14 bits per heavy atom. The maximum absolute atomic E-state index is 4.08. The first-order valence-electron chi connectivity index (χ1n) is 17.2. The Bertz CT molecular complexity index is 2550. The van der Waals surface area contributed by atoms with Crippen LogP contribution in [0, 0.1) is 0 Å². The molecule has 50 heavy (non-hydrogen) atoms. The molecule has 0 bridgehead atoms. The van der Waals surface area contributed by atoms with Crippen molar-refractivity contribution in [2.75, 3.05) is 0 Å². The summed E-state index contributed by atoms with van der Waals surface area (Å²) in [5.41, 5.74) is 14.3. The molecule has 0 aliphatic heterocycles. The lowest BCUT2D eigenvalue weighted by Crippen LogP contribution is -2.28. The first-order valence-corrected chi connectivity index (χ1v) is 17.2. The van der Waals surface area contributed by atoms with Gasteiger partial charge in [-0.05, 0) is 74.3 Å². The molecule has 7 aromatic carbocycles. The van der Waals surface area contributed by atoms with Crippen LogP contribution in [0.15, 0.2) is 201 Å². The number of benzene rings is 7. The van der Waals surface area contributed by atoms with Crippen molar-refractivity contribution in [1.82, 2.24) is 4.57 Å². The molecule has 0 radical (unpaired) electrons. The topological polar surface area (TPSA) is 4.93 Å². The van der Waals surface area contributed by atoms with Crippen molar-refractivity contribution >= 4 is 33.5 Å². The second-order valence-corrected chi connectivity index (χ2v) is 12.9. The molecular weight excluding hydrogens is 603 g/mol. The average molecular weight is 638 g/mol. The van der Waals surface area contributed by atoms with E-state index in [4.69, 9.17) is 0 Å². The van der Waals surface area contributed by atoms with Crippen LogP contribution in [0.3, 0.4) is 0 Å². The van der Waals surface area contributed by atoms with Crippen LogP contribution in [0.1, 0.15) is 33.4 Å². The molecule has 1 nitrogen and oxygen atoms in total. The number of hydrogen-bond acceptors (Lipinski definition) is 0. The van der Waals surface area contributed by atoms with Crippen molar-refractivity contribution in [3.8, 4) is 16.8 Å². The van der Waals surface area contributed by atoms with E-state index in [0.717, 1.165) is 22.4 Å². The third-order valence-corrected chi connectivity index (χ3v) is 10.3. The highest BCUT2D eigenvalue weighted by Gasteiger charge is 2.45. The Kier molecular flexibility index (Phi) is 7.25. The lowest BCUT2D eigenvalue weighted by molar-refractivity contribution is 0.768. The summed E-state index contributed by atoms with van der Waals surface area (Å²) in [5.74, 6) is 0. The molecule has 0 fully saturated rings. The van der Waals surface area contributed by atoms with Crippen LogP contribution < -0.4 is 0 Å². The maximum Gasteiger partial charge on any atom is 0.0713 e. The minimum Gasteiger partial charge on any atom is -0.309 e. The normalized spacial score (nSPS) is 13.5. The van der Waals surface area contributed by atoms with Crippen LogP contribution in [0.4, 0.5) is 0 Å². The molecule has 0 N–H and O–H groups in total.